The Bertz CT molecular complexity index is 696. The molecule has 1 saturated heterocycles. The summed E-state index contributed by atoms with van der Waals surface area (Å²) in [7, 11) is 0. The Kier molecular flexibility index (Phi) is 9.00. The zero-order chi connectivity index (χ0) is 20.4. The Morgan fingerprint density at radius 3 is 2.57 bits per heavy atom. The van der Waals surface area contributed by atoms with Crippen LogP contribution in [-0.2, 0) is 19.2 Å². The van der Waals surface area contributed by atoms with E-state index < -0.39 is 12.0 Å². The molecule has 0 aliphatic carbocycles. The molecule has 1 aliphatic heterocycles. The van der Waals surface area contributed by atoms with E-state index in [1.165, 1.54) is 11.8 Å². The predicted octanol–water partition coefficient (Wildman–Crippen LogP) is 2.09. The number of benzene rings is 1. The van der Waals surface area contributed by atoms with Crippen molar-refractivity contribution in [3.8, 4) is 0 Å². The van der Waals surface area contributed by atoms with Gasteiger partial charge in [0.15, 0.2) is 5.12 Å². The van der Waals surface area contributed by atoms with Crippen LogP contribution in [0, 0.1) is 5.92 Å². The fraction of sp³-hybridized carbons (Fsp3) is 0.500. The van der Waals surface area contributed by atoms with Gasteiger partial charge in [-0.2, -0.15) is 0 Å². The Morgan fingerprint density at radius 2 is 1.93 bits per heavy atom. The van der Waals surface area contributed by atoms with Crippen LogP contribution in [0.4, 0.5) is 5.69 Å². The van der Waals surface area contributed by atoms with E-state index in [4.69, 9.17) is 0 Å². The van der Waals surface area contributed by atoms with Crippen LogP contribution in [0.1, 0.15) is 39.0 Å². The average Bonchev–Trinajstić information content (AvgIpc) is 3.10. The highest BCUT2D eigenvalue weighted by molar-refractivity contribution is 8.13. The minimum absolute atomic E-state index is 0.104. The number of para-hydroxylation sites is 1. The average molecular weight is 406 g/mol. The van der Waals surface area contributed by atoms with E-state index in [2.05, 4.69) is 16.0 Å². The van der Waals surface area contributed by atoms with Gasteiger partial charge >= 0.3 is 0 Å². The normalized spacial score (nSPS) is 16.9. The van der Waals surface area contributed by atoms with Gasteiger partial charge in [-0.25, -0.2) is 0 Å². The largest absolute Gasteiger partial charge is 0.355 e. The number of anilines is 1. The molecule has 1 aliphatic rings. The van der Waals surface area contributed by atoms with Crippen LogP contribution in [0.5, 0.6) is 0 Å². The first-order chi connectivity index (χ1) is 13.5. The lowest BCUT2D eigenvalue weighted by atomic mass is 10.0. The molecule has 28 heavy (non-hydrogen) atoms. The second-order valence-electron chi connectivity index (χ2n) is 6.81. The summed E-state index contributed by atoms with van der Waals surface area (Å²) in [5.74, 6) is -0.369. The molecule has 0 bridgehead atoms. The van der Waals surface area contributed by atoms with Gasteiger partial charge in [-0.3, -0.25) is 19.2 Å². The molecule has 0 aromatic heterocycles. The number of carbonyl (C=O) groups is 4. The zero-order valence-electron chi connectivity index (χ0n) is 16.0. The van der Waals surface area contributed by atoms with Gasteiger partial charge in [-0.15, -0.1) is 0 Å². The van der Waals surface area contributed by atoms with Crippen molar-refractivity contribution >= 4 is 40.3 Å². The van der Waals surface area contributed by atoms with Gasteiger partial charge in [0.05, 0.1) is 5.92 Å². The summed E-state index contributed by atoms with van der Waals surface area (Å²) in [5.41, 5.74) is 0.669. The molecule has 2 atom stereocenters. The summed E-state index contributed by atoms with van der Waals surface area (Å²) >= 11 is 1.30. The molecule has 0 unspecified atom stereocenters. The molecule has 8 heteroatoms. The molecule has 2 rings (SSSR count). The van der Waals surface area contributed by atoms with E-state index >= 15 is 0 Å². The fourth-order valence-electron chi connectivity index (χ4n) is 2.94. The van der Waals surface area contributed by atoms with E-state index in [0.29, 0.717) is 18.7 Å². The number of unbranched alkanes of at least 4 members (excludes halogenated alkanes) is 2. The highest BCUT2D eigenvalue weighted by Crippen LogP contribution is 2.14. The molecule has 3 N–H and O–H groups in total. The number of hydrogen-bond acceptors (Lipinski definition) is 5. The highest BCUT2D eigenvalue weighted by Gasteiger charge is 2.30. The van der Waals surface area contributed by atoms with Crippen molar-refractivity contribution < 1.29 is 19.2 Å². The second-order valence-corrected chi connectivity index (χ2v) is 8.08. The van der Waals surface area contributed by atoms with E-state index in [1.807, 2.05) is 18.2 Å². The first kappa shape index (κ1) is 21.9. The van der Waals surface area contributed by atoms with Gasteiger partial charge in [0.25, 0.3) is 0 Å². The van der Waals surface area contributed by atoms with Crippen molar-refractivity contribution in [3.63, 3.8) is 0 Å². The third-order valence-corrected chi connectivity index (χ3v) is 5.36. The van der Waals surface area contributed by atoms with E-state index in [1.54, 1.807) is 19.1 Å². The topological polar surface area (TPSA) is 104 Å². The quantitative estimate of drug-likeness (QED) is 0.517. The van der Waals surface area contributed by atoms with Crippen LogP contribution in [0.3, 0.4) is 0 Å². The Morgan fingerprint density at radius 1 is 1.18 bits per heavy atom. The number of nitrogens with one attached hydrogen (secondary N) is 3. The van der Waals surface area contributed by atoms with Crippen molar-refractivity contribution in [1.82, 2.24) is 10.6 Å². The van der Waals surface area contributed by atoms with Crippen LogP contribution in [0.25, 0.3) is 0 Å². The van der Waals surface area contributed by atoms with E-state index in [0.717, 1.165) is 25.0 Å². The standard InChI is InChI=1S/C20H27N3O4S/c1-14(24)28-11-7-3-6-10-17(20(27)22-16-8-4-2-5-9-16)23-19(26)15-12-18(25)21-13-15/h2,4-5,8-9,15,17H,3,6-7,10-13H2,1H3,(H,21,25)(H,22,27)(H,23,26)/t15-,17+/m1/s1. The third-order valence-electron chi connectivity index (χ3n) is 4.46. The molecule has 3 amide bonds. The second kappa shape index (κ2) is 11.5. The number of amides is 3. The summed E-state index contributed by atoms with van der Waals surface area (Å²) < 4.78 is 0. The van der Waals surface area contributed by atoms with Gasteiger partial charge in [-0.1, -0.05) is 42.8 Å². The molecule has 1 fully saturated rings. The lowest BCUT2D eigenvalue weighted by molar-refractivity contribution is -0.129. The van der Waals surface area contributed by atoms with Gasteiger partial charge in [0, 0.05) is 31.3 Å². The molecule has 0 saturated carbocycles. The molecule has 1 aromatic rings. The predicted molar refractivity (Wildman–Crippen MR) is 110 cm³/mol. The first-order valence-corrected chi connectivity index (χ1v) is 10.5. The van der Waals surface area contributed by atoms with Crippen LogP contribution in [0.15, 0.2) is 30.3 Å². The number of carbonyl (C=O) groups excluding carboxylic acids is 4. The van der Waals surface area contributed by atoms with Crippen molar-refractivity contribution in [1.29, 1.82) is 0 Å². The summed E-state index contributed by atoms with van der Waals surface area (Å²) in [4.78, 5) is 47.4. The summed E-state index contributed by atoms with van der Waals surface area (Å²) in [6.45, 7) is 1.85. The molecule has 7 nitrogen and oxygen atoms in total. The minimum atomic E-state index is -0.663. The first-order valence-electron chi connectivity index (χ1n) is 9.52. The molecule has 1 heterocycles. The van der Waals surface area contributed by atoms with Crippen LogP contribution < -0.4 is 16.0 Å². The molecular weight excluding hydrogens is 378 g/mol. The number of hydrogen-bond donors (Lipinski definition) is 3. The number of rotatable bonds is 10. The minimum Gasteiger partial charge on any atom is -0.355 e. The Hall–Kier alpha value is -2.35. The highest BCUT2D eigenvalue weighted by atomic mass is 32.2. The van der Waals surface area contributed by atoms with Crippen LogP contribution in [0.2, 0.25) is 0 Å². The monoisotopic (exact) mass is 405 g/mol. The SMILES string of the molecule is CC(=O)SCCCCC[C@H](NC(=O)[C@H]1CNC(=O)C1)C(=O)Nc1ccccc1. The van der Waals surface area contributed by atoms with Crippen LogP contribution >= 0.6 is 11.8 Å². The van der Waals surface area contributed by atoms with Crippen molar-refractivity contribution in [2.24, 2.45) is 5.92 Å². The van der Waals surface area contributed by atoms with Crippen LogP contribution in [-0.4, -0.2) is 41.2 Å². The van der Waals surface area contributed by atoms with E-state index in [-0.39, 0.29) is 29.3 Å². The summed E-state index contributed by atoms with van der Waals surface area (Å²) in [6.07, 6.45) is 3.17. The molecule has 152 valence electrons. The number of thioether (sulfide) groups is 1. The lowest BCUT2D eigenvalue weighted by Crippen LogP contribution is -2.46. The molecule has 0 radical (unpaired) electrons. The van der Waals surface area contributed by atoms with E-state index in [9.17, 15) is 19.2 Å². The van der Waals surface area contributed by atoms with Gasteiger partial charge in [0.2, 0.25) is 17.7 Å². The fourth-order valence-corrected chi connectivity index (χ4v) is 3.58. The third kappa shape index (κ3) is 7.72. The van der Waals surface area contributed by atoms with Gasteiger partial charge in [0.1, 0.15) is 6.04 Å². The van der Waals surface area contributed by atoms with Gasteiger partial charge < -0.3 is 16.0 Å². The molecular formula is C20H27N3O4S. The Labute approximate surface area is 169 Å². The summed E-state index contributed by atoms with van der Waals surface area (Å²) in [6, 6.07) is 8.42. The smallest absolute Gasteiger partial charge is 0.246 e. The Balaban J connectivity index is 1.88. The van der Waals surface area contributed by atoms with Crippen molar-refractivity contribution in [3.05, 3.63) is 30.3 Å². The van der Waals surface area contributed by atoms with Crippen molar-refractivity contribution in [2.45, 2.75) is 45.1 Å². The maximum Gasteiger partial charge on any atom is 0.246 e. The maximum absolute atomic E-state index is 12.7. The zero-order valence-corrected chi connectivity index (χ0v) is 16.8. The lowest BCUT2D eigenvalue weighted by Gasteiger charge is -2.20. The maximum atomic E-state index is 12.7. The molecule has 1 aromatic carbocycles. The summed E-state index contributed by atoms with van der Waals surface area (Å²) in [5, 5.41) is 8.38. The van der Waals surface area contributed by atoms with Gasteiger partial charge in [-0.05, 0) is 25.0 Å². The van der Waals surface area contributed by atoms with Crippen molar-refractivity contribution in [2.75, 3.05) is 17.6 Å². The molecule has 0 spiro atoms.